The second-order valence-electron chi connectivity index (χ2n) is 5.01. The van der Waals surface area contributed by atoms with Gasteiger partial charge in [0, 0.05) is 26.3 Å². The van der Waals surface area contributed by atoms with E-state index >= 15 is 0 Å². The van der Waals surface area contributed by atoms with E-state index in [0.29, 0.717) is 12.4 Å². The van der Waals surface area contributed by atoms with Crippen molar-refractivity contribution in [3.05, 3.63) is 36.2 Å². The Bertz CT molecular complexity index is 619. The fourth-order valence-corrected chi connectivity index (χ4v) is 2.14. The van der Waals surface area contributed by atoms with E-state index in [1.807, 2.05) is 44.2 Å². The third-order valence-corrected chi connectivity index (χ3v) is 3.12. The Kier molecular flexibility index (Phi) is 6.62. The maximum absolute atomic E-state index is 5.63. The molecule has 1 aromatic heterocycles. The van der Waals surface area contributed by atoms with Gasteiger partial charge >= 0.3 is 0 Å². The lowest BCUT2D eigenvalue weighted by atomic mass is 10.3. The molecule has 1 aromatic carbocycles. The van der Waals surface area contributed by atoms with E-state index in [2.05, 4.69) is 20.6 Å². The summed E-state index contributed by atoms with van der Waals surface area (Å²) in [6.45, 7) is 5.99. The maximum atomic E-state index is 5.63. The second kappa shape index (κ2) is 8.95. The van der Waals surface area contributed by atoms with Crippen LogP contribution in [-0.4, -0.2) is 36.8 Å². The number of ether oxygens (including phenoxy) is 2. The van der Waals surface area contributed by atoms with Crippen molar-refractivity contribution in [1.82, 2.24) is 9.97 Å². The standard InChI is InChI=1S/C17H24N4O2/c1-4-23-15-9-6-5-8-14(15)21-17-12-16(19-13(2)20-17)18-10-7-11-22-3/h5-6,8-9,12H,4,7,10-11H2,1-3H3,(H2,18,19,20,21). The van der Waals surface area contributed by atoms with Crippen molar-refractivity contribution >= 4 is 17.3 Å². The van der Waals surface area contributed by atoms with Gasteiger partial charge in [0.2, 0.25) is 0 Å². The van der Waals surface area contributed by atoms with Gasteiger partial charge in [-0.25, -0.2) is 9.97 Å². The number of para-hydroxylation sites is 2. The van der Waals surface area contributed by atoms with Crippen LogP contribution in [0.3, 0.4) is 0 Å². The molecule has 0 spiro atoms. The Morgan fingerprint density at radius 1 is 1.13 bits per heavy atom. The van der Waals surface area contributed by atoms with Crippen molar-refractivity contribution in [3.63, 3.8) is 0 Å². The lowest BCUT2D eigenvalue weighted by Crippen LogP contribution is -2.08. The van der Waals surface area contributed by atoms with E-state index in [9.17, 15) is 0 Å². The fourth-order valence-electron chi connectivity index (χ4n) is 2.14. The van der Waals surface area contributed by atoms with Crippen LogP contribution in [0.1, 0.15) is 19.2 Å². The SMILES string of the molecule is CCOc1ccccc1Nc1cc(NCCCOC)nc(C)n1. The van der Waals surface area contributed by atoms with Gasteiger partial charge in [0.25, 0.3) is 0 Å². The van der Waals surface area contributed by atoms with E-state index in [-0.39, 0.29) is 0 Å². The van der Waals surface area contributed by atoms with Crippen molar-refractivity contribution < 1.29 is 9.47 Å². The minimum atomic E-state index is 0.619. The molecule has 6 nitrogen and oxygen atoms in total. The van der Waals surface area contributed by atoms with Crippen LogP contribution in [-0.2, 0) is 4.74 Å². The number of rotatable bonds is 9. The summed E-state index contributed by atoms with van der Waals surface area (Å²) in [7, 11) is 1.70. The molecule has 2 rings (SSSR count). The first kappa shape index (κ1) is 17.0. The number of anilines is 3. The zero-order valence-corrected chi connectivity index (χ0v) is 13.9. The van der Waals surface area contributed by atoms with Crippen LogP contribution in [0.25, 0.3) is 0 Å². The van der Waals surface area contributed by atoms with Crippen molar-refractivity contribution in [2.75, 3.05) is 37.5 Å². The molecule has 0 aliphatic heterocycles. The molecule has 124 valence electrons. The van der Waals surface area contributed by atoms with Crippen LogP contribution < -0.4 is 15.4 Å². The van der Waals surface area contributed by atoms with E-state index in [1.54, 1.807) is 7.11 Å². The lowest BCUT2D eigenvalue weighted by Gasteiger charge is -2.13. The molecule has 0 saturated carbocycles. The van der Waals surface area contributed by atoms with Gasteiger partial charge in [0.15, 0.2) is 0 Å². The van der Waals surface area contributed by atoms with E-state index in [1.165, 1.54) is 0 Å². The number of nitrogens with zero attached hydrogens (tertiary/aromatic N) is 2. The molecule has 0 fully saturated rings. The first-order chi connectivity index (χ1) is 11.2. The third kappa shape index (κ3) is 5.41. The minimum absolute atomic E-state index is 0.619. The normalized spacial score (nSPS) is 10.4. The van der Waals surface area contributed by atoms with Gasteiger partial charge in [-0.05, 0) is 32.4 Å². The molecule has 0 bridgehead atoms. The monoisotopic (exact) mass is 316 g/mol. The molecule has 0 aliphatic rings. The molecule has 6 heteroatoms. The Balaban J connectivity index is 2.09. The van der Waals surface area contributed by atoms with Crippen LogP contribution in [0.2, 0.25) is 0 Å². The molecular formula is C17H24N4O2. The van der Waals surface area contributed by atoms with E-state index in [0.717, 1.165) is 42.6 Å². The van der Waals surface area contributed by atoms with Gasteiger partial charge in [-0.2, -0.15) is 0 Å². The highest BCUT2D eigenvalue weighted by molar-refractivity contribution is 5.65. The molecule has 0 saturated heterocycles. The van der Waals surface area contributed by atoms with E-state index < -0.39 is 0 Å². The van der Waals surface area contributed by atoms with E-state index in [4.69, 9.17) is 9.47 Å². The van der Waals surface area contributed by atoms with Gasteiger partial charge < -0.3 is 20.1 Å². The maximum Gasteiger partial charge on any atom is 0.142 e. The summed E-state index contributed by atoms with van der Waals surface area (Å²) in [4.78, 5) is 8.83. The topological polar surface area (TPSA) is 68.3 Å². The van der Waals surface area contributed by atoms with Gasteiger partial charge in [-0.3, -0.25) is 0 Å². The van der Waals surface area contributed by atoms with Gasteiger partial charge in [0.05, 0.1) is 12.3 Å². The number of aryl methyl sites for hydroxylation is 1. The smallest absolute Gasteiger partial charge is 0.142 e. The highest BCUT2D eigenvalue weighted by atomic mass is 16.5. The number of nitrogens with one attached hydrogen (secondary N) is 2. The number of aromatic nitrogens is 2. The summed E-state index contributed by atoms with van der Waals surface area (Å²) in [5, 5.41) is 6.58. The first-order valence-electron chi connectivity index (χ1n) is 7.80. The van der Waals surface area contributed by atoms with Gasteiger partial charge in [-0.1, -0.05) is 12.1 Å². The molecule has 0 radical (unpaired) electrons. The molecule has 2 aromatic rings. The number of benzene rings is 1. The second-order valence-corrected chi connectivity index (χ2v) is 5.01. The highest BCUT2D eigenvalue weighted by Gasteiger charge is 2.06. The lowest BCUT2D eigenvalue weighted by molar-refractivity contribution is 0.198. The van der Waals surface area contributed by atoms with Crippen LogP contribution in [0.5, 0.6) is 5.75 Å². The molecular weight excluding hydrogens is 292 g/mol. The van der Waals surface area contributed by atoms with Crippen LogP contribution in [0, 0.1) is 6.92 Å². The Morgan fingerprint density at radius 2 is 1.91 bits per heavy atom. The van der Waals surface area contributed by atoms with Crippen LogP contribution in [0.15, 0.2) is 30.3 Å². The number of methoxy groups -OCH3 is 1. The predicted molar refractivity (Wildman–Crippen MR) is 92.6 cm³/mol. The summed E-state index contributed by atoms with van der Waals surface area (Å²) < 4.78 is 10.7. The zero-order chi connectivity index (χ0) is 16.5. The summed E-state index contributed by atoms with van der Waals surface area (Å²) >= 11 is 0. The Labute approximate surface area is 137 Å². The van der Waals surface area contributed by atoms with Gasteiger partial charge in [-0.15, -0.1) is 0 Å². The van der Waals surface area contributed by atoms with Crippen molar-refractivity contribution in [2.24, 2.45) is 0 Å². The third-order valence-electron chi connectivity index (χ3n) is 3.12. The highest BCUT2D eigenvalue weighted by Crippen LogP contribution is 2.27. The summed E-state index contributed by atoms with van der Waals surface area (Å²) in [5.74, 6) is 3.04. The average Bonchev–Trinajstić information content (AvgIpc) is 2.53. The molecule has 0 aliphatic carbocycles. The Hall–Kier alpha value is -2.34. The first-order valence-corrected chi connectivity index (χ1v) is 7.80. The van der Waals surface area contributed by atoms with Crippen molar-refractivity contribution in [2.45, 2.75) is 20.3 Å². The van der Waals surface area contributed by atoms with Crippen LogP contribution >= 0.6 is 0 Å². The fraction of sp³-hybridized carbons (Fsp3) is 0.412. The number of hydrogen-bond acceptors (Lipinski definition) is 6. The quantitative estimate of drug-likeness (QED) is 0.691. The molecule has 0 atom stereocenters. The molecule has 2 N–H and O–H groups in total. The number of hydrogen-bond donors (Lipinski definition) is 2. The zero-order valence-electron chi connectivity index (χ0n) is 13.9. The molecule has 1 heterocycles. The Morgan fingerprint density at radius 3 is 2.70 bits per heavy atom. The summed E-state index contributed by atoms with van der Waals surface area (Å²) in [5.41, 5.74) is 0.887. The van der Waals surface area contributed by atoms with Crippen molar-refractivity contribution in [3.8, 4) is 5.75 Å². The molecule has 0 unspecified atom stereocenters. The minimum Gasteiger partial charge on any atom is -0.492 e. The average molecular weight is 316 g/mol. The van der Waals surface area contributed by atoms with Crippen LogP contribution in [0.4, 0.5) is 17.3 Å². The summed E-state index contributed by atoms with van der Waals surface area (Å²) in [6.07, 6.45) is 0.926. The largest absolute Gasteiger partial charge is 0.492 e. The van der Waals surface area contributed by atoms with Gasteiger partial charge in [0.1, 0.15) is 23.2 Å². The summed E-state index contributed by atoms with van der Waals surface area (Å²) in [6, 6.07) is 9.70. The van der Waals surface area contributed by atoms with Crippen molar-refractivity contribution in [1.29, 1.82) is 0 Å². The molecule has 0 amide bonds. The molecule has 23 heavy (non-hydrogen) atoms. The predicted octanol–water partition coefficient (Wildman–Crippen LogP) is 3.38.